The molecule has 3 fully saturated rings. The summed E-state index contributed by atoms with van der Waals surface area (Å²) in [6, 6.07) is 4.54. The van der Waals surface area contributed by atoms with E-state index in [2.05, 4.69) is 10.2 Å². The molecule has 1 amide bonds. The lowest BCUT2D eigenvalue weighted by molar-refractivity contribution is 0.0326. The number of hydrogen-bond acceptors (Lipinski definition) is 6. The number of nitrogens with one attached hydrogen (secondary N) is 1. The SMILES string of the molecule is COc1ccc(S(=O)(=O)N2CCOCC2)cc1C(=O)NCC1(N2CCCCC2)CCCCC1. The molecule has 1 N–H and O–H groups in total. The third-order valence-electron chi connectivity index (χ3n) is 7.41. The molecule has 0 spiro atoms. The molecule has 1 aliphatic carbocycles. The average Bonchev–Trinajstić information content (AvgIpc) is 2.88. The maximum atomic E-state index is 13.3. The number of rotatable bonds is 7. The fourth-order valence-electron chi connectivity index (χ4n) is 5.48. The van der Waals surface area contributed by atoms with Crippen molar-refractivity contribution < 1.29 is 22.7 Å². The number of ether oxygens (including phenoxy) is 2. The summed E-state index contributed by atoms with van der Waals surface area (Å²) in [5.41, 5.74) is 0.260. The van der Waals surface area contributed by atoms with Crippen molar-refractivity contribution in [2.45, 2.75) is 61.8 Å². The highest BCUT2D eigenvalue weighted by molar-refractivity contribution is 7.89. The summed E-state index contributed by atoms with van der Waals surface area (Å²) in [7, 11) is -2.20. The normalized spacial score (nSPS) is 22.6. The Morgan fingerprint density at radius 2 is 1.70 bits per heavy atom. The van der Waals surface area contributed by atoms with Gasteiger partial charge in [0.05, 0.1) is 30.8 Å². The second kappa shape index (κ2) is 10.7. The van der Waals surface area contributed by atoms with Crippen molar-refractivity contribution in [2.24, 2.45) is 0 Å². The Morgan fingerprint density at radius 3 is 2.36 bits per heavy atom. The first kappa shape index (κ1) is 24.4. The van der Waals surface area contributed by atoms with E-state index in [1.807, 2.05) is 0 Å². The van der Waals surface area contributed by atoms with Crippen molar-refractivity contribution in [2.75, 3.05) is 53.0 Å². The van der Waals surface area contributed by atoms with Gasteiger partial charge in [-0.3, -0.25) is 9.69 Å². The van der Waals surface area contributed by atoms with E-state index in [9.17, 15) is 13.2 Å². The molecule has 4 rings (SSSR count). The lowest BCUT2D eigenvalue weighted by atomic mass is 9.79. The number of sulfonamides is 1. The summed E-state index contributed by atoms with van der Waals surface area (Å²) in [5.74, 6) is 0.0944. The van der Waals surface area contributed by atoms with Gasteiger partial charge in [0.2, 0.25) is 10.0 Å². The number of carbonyl (C=O) groups excluding carboxylic acids is 1. The number of hydrogen-bond donors (Lipinski definition) is 1. The third-order valence-corrected chi connectivity index (χ3v) is 9.31. The lowest BCUT2D eigenvalue weighted by Crippen LogP contribution is -2.58. The van der Waals surface area contributed by atoms with Gasteiger partial charge in [0.25, 0.3) is 5.91 Å². The largest absolute Gasteiger partial charge is 0.496 e. The summed E-state index contributed by atoms with van der Waals surface area (Å²) >= 11 is 0. The van der Waals surface area contributed by atoms with Crippen molar-refractivity contribution in [3.05, 3.63) is 23.8 Å². The van der Waals surface area contributed by atoms with E-state index in [1.54, 1.807) is 6.07 Å². The Morgan fingerprint density at radius 1 is 1.03 bits per heavy atom. The highest BCUT2D eigenvalue weighted by atomic mass is 32.2. The monoisotopic (exact) mass is 479 g/mol. The van der Waals surface area contributed by atoms with Gasteiger partial charge in [0.1, 0.15) is 5.75 Å². The Labute approximate surface area is 197 Å². The summed E-state index contributed by atoms with van der Waals surface area (Å²) in [5, 5.41) is 3.15. The molecule has 1 saturated carbocycles. The molecule has 2 saturated heterocycles. The molecule has 0 unspecified atom stereocenters. The number of morpholine rings is 1. The minimum atomic E-state index is -3.70. The first-order chi connectivity index (χ1) is 16.0. The van der Waals surface area contributed by atoms with Gasteiger partial charge in [-0.1, -0.05) is 25.7 Å². The highest BCUT2D eigenvalue weighted by Gasteiger charge is 2.39. The second-order valence-electron chi connectivity index (χ2n) is 9.39. The minimum absolute atomic E-state index is 0.000940. The van der Waals surface area contributed by atoms with Crippen LogP contribution in [0.5, 0.6) is 5.75 Å². The van der Waals surface area contributed by atoms with Gasteiger partial charge >= 0.3 is 0 Å². The molecule has 184 valence electrons. The maximum absolute atomic E-state index is 13.3. The number of carbonyl (C=O) groups is 1. The summed E-state index contributed by atoms with van der Waals surface area (Å²) < 4.78 is 38.3. The fourth-order valence-corrected chi connectivity index (χ4v) is 6.92. The van der Waals surface area contributed by atoms with Gasteiger partial charge in [0.15, 0.2) is 0 Å². The molecule has 0 radical (unpaired) electrons. The Bertz CT molecular complexity index is 918. The quantitative estimate of drug-likeness (QED) is 0.647. The first-order valence-electron chi connectivity index (χ1n) is 12.3. The molecule has 9 heteroatoms. The predicted octanol–water partition coefficient (Wildman–Crippen LogP) is 2.63. The predicted molar refractivity (Wildman–Crippen MR) is 126 cm³/mol. The summed E-state index contributed by atoms with van der Waals surface area (Å²) in [6.07, 6.45) is 9.51. The molecule has 0 atom stereocenters. The van der Waals surface area contributed by atoms with Crippen LogP contribution in [0, 0.1) is 0 Å². The third kappa shape index (κ3) is 5.37. The van der Waals surface area contributed by atoms with Crippen LogP contribution in [0.25, 0.3) is 0 Å². The standard InChI is InChI=1S/C24H37N3O5S/c1-31-22-9-8-20(33(29,30)27-14-16-32-17-15-27)18-21(22)23(28)25-19-24(10-4-2-5-11-24)26-12-6-3-7-13-26/h8-9,18H,2-7,10-17,19H2,1H3,(H,25,28). The van der Waals surface area contributed by atoms with Crippen LogP contribution in [0.3, 0.4) is 0 Å². The zero-order chi connectivity index (χ0) is 23.3. The van der Waals surface area contributed by atoms with E-state index in [4.69, 9.17) is 9.47 Å². The Kier molecular flexibility index (Phi) is 7.94. The molecular weight excluding hydrogens is 442 g/mol. The molecule has 8 nitrogen and oxygen atoms in total. The van der Waals surface area contributed by atoms with Crippen molar-refractivity contribution in [1.82, 2.24) is 14.5 Å². The number of benzene rings is 1. The van der Waals surface area contributed by atoms with E-state index < -0.39 is 10.0 Å². The summed E-state index contributed by atoms with van der Waals surface area (Å²) in [4.78, 5) is 16.0. The minimum Gasteiger partial charge on any atom is -0.496 e. The Hall–Kier alpha value is -1.68. The van der Waals surface area contributed by atoms with Gasteiger partial charge in [-0.2, -0.15) is 4.31 Å². The number of piperidine rings is 1. The van der Waals surface area contributed by atoms with Gasteiger partial charge < -0.3 is 14.8 Å². The summed E-state index contributed by atoms with van der Waals surface area (Å²) in [6.45, 7) is 4.14. The van der Waals surface area contributed by atoms with Crippen LogP contribution in [0.2, 0.25) is 0 Å². The molecule has 0 aromatic heterocycles. The van der Waals surface area contributed by atoms with Crippen molar-refractivity contribution in [3.8, 4) is 5.75 Å². The molecule has 2 aliphatic heterocycles. The molecular formula is C24H37N3O5S. The van der Waals surface area contributed by atoms with E-state index >= 15 is 0 Å². The second-order valence-corrected chi connectivity index (χ2v) is 11.3. The van der Waals surface area contributed by atoms with Crippen LogP contribution in [0.1, 0.15) is 61.7 Å². The van der Waals surface area contributed by atoms with Crippen LogP contribution in [0.15, 0.2) is 23.1 Å². The molecule has 0 bridgehead atoms. The van der Waals surface area contributed by atoms with E-state index in [0.717, 1.165) is 25.9 Å². The molecule has 1 aromatic carbocycles. The average molecular weight is 480 g/mol. The van der Waals surface area contributed by atoms with Gasteiger partial charge in [-0.15, -0.1) is 0 Å². The number of nitrogens with zero attached hydrogens (tertiary/aromatic N) is 2. The maximum Gasteiger partial charge on any atom is 0.255 e. The smallest absolute Gasteiger partial charge is 0.255 e. The molecule has 33 heavy (non-hydrogen) atoms. The number of methoxy groups -OCH3 is 1. The van der Waals surface area contributed by atoms with Gasteiger partial charge in [-0.05, 0) is 57.0 Å². The van der Waals surface area contributed by atoms with Gasteiger partial charge in [0, 0.05) is 25.2 Å². The number of amides is 1. The van der Waals surface area contributed by atoms with Crippen LogP contribution in [-0.2, 0) is 14.8 Å². The van der Waals surface area contributed by atoms with Gasteiger partial charge in [-0.25, -0.2) is 8.42 Å². The van der Waals surface area contributed by atoms with Crippen molar-refractivity contribution in [3.63, 3.8) is 0 Å². The Balaban J connectivity index is 1.53. The van der Waals surface area contributed by atoms with Crippen molar-refractivity contribution in [1.29, 1.82) is 0 Å². The zero-order valence-electron chi connectivity index (χ0n) is 19.7. The zero-order valence-corrected chi connectivity index (χ0v) is 20.5. The van der Waals surface area contributed by atoms with Crippen LogP contribution in [0.4, 0.5) is 0 Å². The van der Waals surface area contributed by atoms with Crippen LogP contribution >= 0.6 is 0 Å². The lowest BCUT2D eigenvalue weighted by Gasteiger charge is -2.48. The van der Waals surface area contributed by atoms with Crippen molar-refractivity contribution >= 4 is 15.9 Å². The van der Waals surface area contributed by atoms with E-state index in [1.165, 1.54) is 62.1 Å². The topological polar surface area (TPSA) is 88.2 Å². The van der Waals surface area contributed by atoms with Crippen LogP contribution < -0.4 is 10.1 Å². The van der Waals surface area contributed by atoms with Crippen LogP contribution in [-0.4, -0.2) is 82.1 Å². The van der Waals surface area contributed by atoms with E-state index in [0.29, 0.717) is 38.6 Å². The molecule has 3 aliphatic rings. The fraction of sp³-hybridized carbons (Fsp3) is 0.708. The molecule has 1 aromatic rings. The number of likely N-dealkylation sites (tertiary alicyclic amines) is 1. The molecule has 2 heterocycles. The highest BCUT2D eigenvalue weighted by Crippen LogP contribution is 2.35. The van der Waals surface area contributed by atoms with E-state index in [-0.39, 0.29) is 21.9 Å². The first-order valence-corrected chi connectivity index (χ1v) is 13.7.